The molecular weight excluding hydrogens is 215 g/mol. The lowest BCUT2D eigenvalue weighted by Crippen LogP contribution is -2.05. The number of nitro benzene ring substituents is 1. The van der Waals surface area contributed by atoms with Crippen LogP contribution in [0.2, 0.25) is 0 Å². The third kappa shape index (κ3) is 2.30. The summed E-state index contributed by atoms with van der Waals surface area (Å²) in [5, 5.41) is 10.3. The van der Waals surface area contributed by atoms with Crippen molar-refractivity contribution >= 4 is 18.1 Å². The lowest BCUT2D eigenvalue weighted by atomic mass is 10.2. The number of aryl methyl sites for hydroxylation is 1. The van der Waals surface area contributed by atoms with Crippen LogP contribution >= 0.6 is 12.4 Å². The van der Waals surface area contributed by atoms with Gasteiger partial charge in [0, 0.05) is 5.56 Å². The third-order valence-electron chi connectivity index (χ3n) is 1.57. The molecule has 2 N–H and O–H groups in total. The van der Waals surface area contributed by atoms with Crippen LogP contribution in [0.25, 0.3) is 0 Å². The minimum absolute atomic E-state index is 0. The highest BCUT2D eigenvalue weighted by molar-refractivity contribution is 5.85. The molecule has 0 heterocycles. The van der Waals surface area contributed by atoms with Crippen LogP contribution in [0.15, 0.2) is 12.1 Å². The van der Waals surface area contributed by atoms with Crippen LogP contribution in [0.3, 0.4) is 0 Å². The van der Waals surface area contributed by atoms with Crippen LogP contribution in [0.1, 0.15) is 5.56 Å². The minimum atomic E-state index is -0.847. The second-order valence-electron chi connectivity index (χ2n) is 2.44. The standard InChI is InChI=1S/C7H7FN2O3.ClH/c1-4-2-7(13-9)5(8)3-6(4)10(11)12;/h2-3H,9H2,1H3;1H. The number of hydrogen-bond acceptors (Lipinski definition) is 4. The van der Waals surface area contributed by atoms with E-state index in [1.165, 1.54) is 13.0 Å². The average molecular weight is 223 g/mol. The minimum Gasteiger partial charge on any atom is -0.408 e. The van der Waals surface area contributed by atoms with Crippen molar-refractivity contribution in [1.29, 1.82) is 0 Å². The quantitative estimate of drug-likeness (QED) is 0.610. The smallest absolute Gasteiger partial charge is 0.275 e. The number of hydrogen-bond donors (Lipinski definition) is 1. The van der Waals surface area contributed by atoms with E-state index in [4.69, 9.17) is 5.90 Å². The molecule has 0 aromatic heterocycles. The molecule has 1 rings (SSSR count). The van der Waals surface area contributed by atoms with Gasteiger partial charge in [0.2, 0.25) is 0 Å². The van der Waals surface area contributed by atoms with Crippen LogP contribution in [0.4, 0.5) is 10.1 Å². The SMILES string of the molecule is Cc1cc(ON)c(F)cc1[N+](=O)[O-].Cl. The fourth-order valence-corrected chi connectivity index (χ4v) is 0.932. The summed E-state index contributed by atoms with van der Waals surface area (Å²) >= 11 is 0. The lowest BCUT2D eigenvalue weighted by molar-refractivity contribution is -0.385. The first-order valence-corrected chi connectivity index (χ1v) is 3.37. The first-order chi connectivity index (χ1) is 6.06. The Morgan fingerprint density at radius 1 is 1.57 bits per heavy atom. The molecule has 0 radical (unpaired) electrons. The largest absolute Gasteiger partial charge is 0.408 e. The van der Waals surface area contributed by atoms with Gasteiger partial charge < -0.3 is 4.84 Å². The summed E-state index contributed by atoms with van der Waals surface area (Å²) in [7, 11) is 0. The van der Waals surface area contributed by atoms with Gasteiger partial charge in [0.1, 0.15) is 0 Å². The highest BCUT2D eigenvalue weighted by atomic mass is 35.5. The molecule has 1 aromatic rings. The zero-order chi connectivity index (χ0) is 10.0. The van der Waals surface area contributed by atoms with Gasteiger partial charge in [-0.15, -0.1) is 12.4 Å². The summed E-state index contributed by atoms with van der Waals surface area (Å²) in [6, 6.07) is 1.95. The number of halogens is 2. The zero-order valence-electron chi connectivity index (χ0n) is 7.19. The molecule has 78 valence electrons. The summed E-state index contributed by atoms with van der Waals surface area (Å²) in [6.45, 7) is 1.47. The predicted octanol–water partition coefficient (Wildman–Crippen LogP) is 1.72. The van der Waals surface area contributed by atoms with Crippen molar-refractivity contribution < 1.29 is 14.2 Å². The van der Waals surface area contributed by atoms with Crippen molar-refractivity contribution in [2.75, 3.05) is 0 Å². The summed E-state index contributed by atoms with van der Waals surface area (Å²) in [5.74, 6) is 3.68. The Morgan fingerprint density at radius 2 is 2.14 bits per heavy atom. The molecular formula is C7H8ClFN2O3. The average Bonchev–Trinajstić information content (AvgIpc) is 2.07. The molecule has 14 heavy (non-hydrogen) atoms. The zero-order valence-corrected chi connectivity index (χ0v) is 8.01. The van der Waals surface area contributed by atoms with Crippen LogP contribution in [0, 0.1) is 22.9 Å². The lowest BCUT2D eigenvalue weighted by Gasteiger charge is -2.02. The number of nitrogens with two attached hydrogens (primary N) is 1. The van der Waals surface area contributed by atoms with Crippen molar-refractivity contribution in [1.82, 2.24) is 0 Å². The van der Waals surface area contributed by atoms with Gasteiger partial charge in [0.15, 0.2) is 11.6 Å². The van der Waals surface area contributed by atoms with Crippen molar-refractivity contribution in [3.05, 3.63) is 33.6 Å². The molecule has 0 aliphatic carbocycles. The van der Waals surface area contributed by atoms with E-state index in [0.29, 0.717) is 5.56 Å². The topological polar surface area (TPSA) is 78.4 Å². The van der Waals surface area contributed by atoms with Gasteiger partial charge in [-0.3, -0.25) is 10.1 Å². The maximum Gasteiger partial charge on any atom is 0.275 e. The Kier molecular flexibility index (Phi) is 4.26. The Balaban J connectivity index is 0.00000169. The fraction of sp³-hybridized carbons (Fsp3) is 0.143. The van der Waals surface area contributed by atoms with Gasteiger partial charge >= 0.3 is 0 Å². The molecule has 0 saturated heterocycles. The predicted molar refractivity (Wildman–Crippen MR) is 49.9 cm³/mol. The van der Waals surface area contributed by atoms with Crippen molar-refractivity contribution in [3.8, 4) is 5.75 Å². The maximum atomic E-state index is 12.9. The van der Waals surface area contributed by atoms with E-state index < -0.39 is 10.7 Å². The number of nitro groups is 1. The Morgan fingerprint density at radius 3 is 2.57 bits per heavy atom. The summed E-state index contributed by atoms with van der Waals surface area (Å²) in [6.07, 6.45) is 0. The molecule has 1 aromatic carbocycles. The summed E-state index contributed by atoms with van der Waals surface area (Å²) < 4.78 is 12.9. The van der Waals surface area contributed by atoms with Gasteiger partial charge in [-0.25, -0.2) is 4.39 Å². The van der Waals surface area contributed by atoms with Gasteiger partial charge in [0.05, 0.1) is 11.0 Å². The molecule has 0 spiro atoms. The molecule has 0 fully saturated rings. The molecule has 0 bridgehead atoms. The fourth-order valence-electron chi connectivity index (χ4n) is 0.932. The Hall–Kier alpha value is -1.40. The van der Waals surface area contributed by atoms with E-state index in [1.807, 2.05) is 0 Å². The molecule has 7 heteroatoms. The molecule has 0 aliphatic rings. The Bertz CT molecular complexity index is 359. The van der Waals surface area contributed by atoms with E-state index in [1.54, 1.807) is 0 Å². The number of benzene rings is 1. The second-order valence-corrected chi connectivity index (χ2v) is 2.44. The summed E-state index contributed by atoms with van der Waals surface area (Å²) in [5.41, 5.74) is 0.00477. The van der Waals surface area contributed by atoms with E-state index in [0.717, 1.165) is 6.07 Å². The molecule has 0 unspecified atom stereocenters. The maximum absolute atomic E-state index is 12.9. The third-order valence-corrected chi connectivity index (χ3v) is 1.57. The highest BCUT2D eigenvalue weighted by Gasteiger charge is 2.15. The normalized spacial score (nSPS) is 9.07. The van der Waals surface area contributed by atoms with Gasteiger partial charge in [0.25, 0.3) is 5.69 Å². The monoisotopic (exact) mass is 222 g/mol. The first-order valence-electron chi connectivity index (χ1n) is 3.37. The van der Waals surface area contributed by atoms with Gasteiger partial charge in [-0.2, -0.15) is 5.90 Å². The van der Waals surface area contributed by atoms with E-state index >= 15 is 0 Å². The number of nitrogens with zero attached hydrogens (tertiary/aromatic N) is 1. The van der Waals surface area contributed by atoms with Crippen LogP contribution in [0.5, 0.6) is 5.75 Å². The van der Waals surface area contributed by atoms with E-state index in [9.17, 15) is 14.5 Å². The molecule has 0 amide bonds. The molecule has 0 saturated carbocycles. The van der Waals surface area contributed by atoms with E-state index in [-0.39, 0.29) is 23.8 Å². The molecule has 0 atom stereocenters. The molecule has 0 aliphatic heterocycles. The Labute approximate surface area is 85.2 Å². The van der Waals surface area contributed by atoms with Crippen molar-refractivity contribution in [3.63, 3.8) is 0 Å². The van der Waals surface area contributed by atoms with Crippen LogP contribution in [-0.4, -0.2) is 4.92 Å². The highest BCUT2D eigenvalue weighted by Crippen LogP contribution is 2.25. The van der Waals surface area contributed by atoms with Crippen LogP contribution < -0.4 is 10.7 Å². The summed E-state index contributed by atoms with van der Waals surface area (Å²) in [4.78, 5) is 13.8. The van der Waals surface area contributed by atoms with Crippen LogP contribution in [-0.2, 0) is 0 Å². The second kappa shape index (κ2) is 4.73. The first kappa shape index (κ1) is 12.6. The number of rotatable bonds is 2. The van der Waals surface area contributed by atoms with Gasteiger partial charge in [-0.1, -0.05) is 0 Å². The van der Waals surface area contributed by atoms with Crippen molar-refractivity contribution in [2.24, 2.45) is 5.90 Å². The van der Waals surface area contributed by atoms with Gasteiger partial charge in [-0.05, 0) is 13.0 Å². The van der Waals surface area contributed by atoms with E-state index in [2.05, 4.69) is 4.84 Å². The van der Waals surface area contributed by atoms with Crippen molar-refractivity contribution in [2.45, 2.75) is 6.92 Å². The molecule has 5 nitrogen and oxygen atoms in total.